The van der Waals surface area contributed by atoms with Gasteiger partial charge in [-0.3, -0.25) is 0 Å². The van der Waals surface area contributed by atoms with Gasteiger partial charge >= 0.3 is 0 Å². The van der Waals surface area contributed by atoms with E-state index in [1.165, 1.54) is 12.8 Å². The quantitative estimate of drug-likeness (QED) is 0.373. The van der Waals surface area contributed by atoms with Gasteiger partial charge in [0.1, 0.15) is 11.4 Å². The van der Waals surface area contributed by atoms with Crippen LogP contribution in [-0.2, 0) is 5.60 Å². The Labute approximate surface area is 134 Å². The average Bonchev–Trinajstić information content (AvgIpc) is 2.99. The molecule has 1 atom stereocenters. The Kier molecular flexibility index (Phi) is 8.02. The van der Waals surface area contributed by atoms with Gasteiger partial charge in [0.15, 0.2) is 5.96 Å². The first-order valence-electron chi connectivity index (χ1n) is 8.24. The Hall–Kier alpha value is -1.49. The number of furan rings is 1. The first-order chi connectivity index (χ1) is 10.5. The summed E-state index contributed by atoms with van der Waals surface area (Å²) in [4.78, 5) is 4.46. The standard InChI is InChI=1S/C17H31N3O2/c1-5-18-16(19-11-7-6-9-14(2)3)20-13-17(4,21)15-10-8-12-22-15/h8,10,12,14,21H,5-7,9,11,13H2,1-4H3,(H2,18,19,20). The second-order valence-electron chi connectivity index (χ2n) is 6.26. The molecule has 0 aliphatic heterocycles. The van der Waals surface area contributed by atoms with Crippen LogP contribution in [0.4, 0.5) is 0 Å². The third kappa shape index (κ3) is 6.98. The number of aliphatic imine (C=N–C) groups is 1. The van der Waals surface area contributed by atoms with Gasteiger partial charge in [-0.05, 0) is 38.3 Å². The number of hydrogen-bond donors (Lipinski definition) is 3. The fourth-order valence-corrected chi connectivity index (χ4v) is 2.12. The molecule has 1 aromatic heterocycles. The maximum absolute atomic E-state index is 10.4. The third-order valence-electron chi connectivity index (χ3n) is 3.44. The van der Waals surface area contributed by atoms with Gasteiger partial charge in [0.25, 0.3) is 0 Å². The zero-order valence-electron chi connectivity index (χ0n) is 14.4. The predicted octanol–water partition coefficient (Wildman–Crippen LogP) is 2.87. The number of rotatable bonds is 9. The Morgan fingerprint density at radius 1 is 1.36 bits per heavy atom. The van der Waals surface area contributed by atoms with Crippen LogP contribution in [0.25, 0.3) is 0 Å². The van der Waals surface area contributed by atoms with E-state index in [0.717, 1.165) is 31.4 Å². The summed E-state index contributed by atoms with van der Waals surface area (Å²) in [6.45, 7) is 10.2. The first-order valence-corrected chi connectivity index (χ1v) is 8.24. The van der Waals surface area contributed by atoms with Crippen molar-refractivity contribution in [3.63, 3.8) is 0 Å². The molecule has 5 heteroatoms. The number of nitrogens with zero attached hydrogens (tertiary/aromatic N) is 1. The van der Waals surface area contributed by atoms with Crippen LogP contribution in [0.5, 0.6) is 0 Å². The van der Waals surface area contributed by atoms with E-state index < -0.39 is 5.60 Å². The Bertz CT molecular complexity index is 425. The van der Waals surface area contributed by atoms with Gasteiger partial charge in [-0.15, -0.1) is 0 Å². The lowest BCUT2D eigenvalue weighted by Crippen LogP contribution is -2.39. The summed E-state index contributed by atoms with van der Waals surface area (Å²) in [5, 5.41) is 16.9. The van der Waals surface area contributed by atoms with E-state index in [1.807, 2.05) is 6.92 Å². The number of hydrogen-bond acceptors (Lipinski definition) is 3. The SMILES string of the molecule is CCNC(=NCC(C)(O)c1ccco1)NCCCCC(C)C. The number of aliphatic hydroxyl groups is 1. The van der Waals surface area contributed by atoms with E-state index in [0.29, 0.717) is 5.76 Å². The van der Waals surface area contributed by atoms with Crippen LogP contribution in [-0.4, -0.2) is 30.7 Å². The number of guanidine groups is 1. The highest BCUT2D eigenvalue weighted by Crippen LogP contribution is 2.20. The minimum absolute atomic E-state index is 0.252. The van der Waals surface area contributed by atoms with E-state index in [4.69, 9.17) is 4.42 Å². The summed E-state index contributed by atoms with van der Waals surface area (Å²) in [7, 11) is 0. The van der Waals surface area contributed by atoms with Crippen LogP contribution in [0, 0.1) is 5.92 Å². The van der Waals surface area contributed by atoms with Crippen molar-refractivity contribution in [1.82, 2.24) is 10.6 Å². The van der Waals surface area contributed by atoms with Crippen molar-refractivity contribution >= 4 is 5.96 Å². The highest BCUT2D eigenvalue weighted by atomic mass is 16.4. The molecule has 0 aliphatic rings. The van der Waals surface area contributed by atoms with Gasteiger partial charge in [0.2, 0.25) is 0 Å². The zero-order chi connectivity index (χ0) is 16.4. The summed E-state index contributed by atoms with van der Waals surface area (Å²) >= 11 is 0. The Morgan fingerprint density at radius 2 is 2.14 bits per heavy atom. The number of nitrogens with one attached hydrogen (secondary N) is 2. The molecule has 1 unspecified atom stereocenters. The van der Waals surface area contributed by atoms with Crippen molar-refractivity contribution < 1.29 is 9.52 Å². The van der Waals surface area contributed by atoms with E-state index in [9.17, 15) is 5.11 Å². The second-order valence-corrected chi connectivity index (χ2v) is 6.26. The summed E-state index contributed by atoms with van der Waals surface area (Å²) < 4.78 is 5.27. The predicted molar refractivity (Wildman–Crippen MR) is 90.9 cm³/mol. The normalized spacial score (nSPS) is 14.9. The van der Waals surface area contributed by atoms with Crippen molar-refractivity contribution in [3.05, 3.63) is 24.2 Å². The monoisotopic (exact) mass is 309 g/mol. The van der Waals surface area contributed by atoms with Gasteiger partial charge in [0.05, 0.1) is 12.8 Å². The molecule has 0 aliphatic carbocycles. The molecule has 0 spiro atoms. The maximum Gasteiger partial charge on any atom is 0.191 e. The van der Waals surface area contributed by atoms with Crippen molar-refractivity contribution in [2.45, 2.75) is 52.6 Å². The average molecular weight is 309 g/mol. The summed E-state index contributed by atoms with van der Waals surface area (Å²) in [5.74, 6) is 2.02. The van der Waals surface area contributed by atoms with Crippen molar-refractivity contribution in [1.29, 1.82) is 0 Å². The lowest BCUT2D eigenvalue weighted by molar-refractivity contribution is 0.0437. The van der Waals surface area contributed by atoms with Gasteiger partial charge in [0, 0.05) is 13.1 Å². The molecular weight excluding hydrogens is 278 g/mol. The molecule has 0 radical (unpaired) electrons. The molecule has 3 N–H and O–H groups in total. The topological polar surface area (TPSA) is 69.8 Å². The molecule has 126 valence electrons. The fraction of sp³-hybridized carbons (Fsp3) is 0.706. The molecular formula is C17H31N3O2. The van der Waals surface area contributed by atoms with Crippen LogP contribution < -0.4 is 10.6 Å². The van der Waals surface area contributed by atoms with Crippen LogP contribution in [0.1, 0.15) is 52.7 Å². The minimum Gasteiger partial charge on any atom is -0.466 e. The zero-order valence-corrected chi connectivity index (χ0v) is 14.4. The van der Waals surface area contributed by atoms with Crippen molar-refractivity contribution in [2.75, 3.05) is 19.6 Å². The van der Waals surface area contributed by atoms with E-state index in [-0.39, 0.29) is 6.54 Å². The molecule has 0 bridgehead atoms. The van der Waals surface area contributed by atoms with Crippen LogP contribution >= 0.6 is 0 Å². The molecule has 1 aromatic rings. The molecule has 0 saturated heterocycles. The largest absolute Gasteiger partial charge is 0.466 e. The van der Waals surface area contributed by atoms with Crippen LogP contribution in [0.3, 0.4) is 0 Å². The van der Waals surface area contributed by atoms with E-state index in [1.54, 1.807) is 25.3 Å². The van der Waals surface area contributed by atoms with E-state index in [2.05, 4.69) is 29.5 Å². The third-order valence-corrected chi connectivity index (χ3v) is 3.44. The first kappa shape index (κ1) is 18.6. The van der Waals surface area contributed by atoms with Gasteiger partial charge in [-0.2, -0.15) is 0 Å². The maximum atomic E-state index is 10.4. The van der Waals surface area contributed by atoms with Crippen LogP contribution in [0.15, 0.2) is 27.8 Å². The van der Waals surface area contributed by atoms with Gasteiger partial charge in [-0.1, -0.05) is 26.7 Å². The molecule has 0 saturated carbocycles. The van der Waals surface area contributed by atoms with E-state index >= 15 is 0 Å². The lowest BCUT2D eigenvalue weighted by atomic mass is 10.0. The second kappa shape index (κ2) is 9.51. The summed E-state index contributed by atoms with van der Waals surface area (Å²) in [5.41, 5.74) is -1.09. The molecule has 0 fully saturated rings. The highest BCUT2D eigenvalue weighted by Gasteiger charge is 2.25. The molecule has 1 rings (SSSR count). The summed E-state index contributed by atoms with van der Waals surface area (Å²) in [6, 6.07) is 3.54. The molecule has 0 aromatic carbocycles. The molecule has 1 heterocycles. The summed E-state index contributed by atoms with van der Waals surface area (Å²) in [6.07, 6.45) is 5.15. The van der Waals surface area contributed by atoms with Gasteiger partial charge in [-0.25, -0.2) is 4.99 Å². The minimum atomic E-state index is -1.09. The lowest BCUT2D eigenvalue weighted by Gasteiger charge is -2.19. The molecule has 0 amide bonds. The Balaban J connectivity index is 2.44. The molecule has 22 heavy (non-hydrogen) atoms. The highest BCUT2D eigenvalue weighted by molar-refractivity contribution is 5.79. The Morgan fingerprint density at radius 3 is 2.73 bits per heavy atom. The van der Waals surface area contributed by atoms with Gasteiger partial charge < -0.3 is 20.2 Å². The molecule has 5 nitrogen and oxygen atoms in total. The van der Waals surface area contributed by atoms with Crippen molar-refractivity contribution in [3.8, 4) is 0 Å². The number of unbranched alkanes of at least 4 members (excludes halogenated alkanes) is 1. The smallest absolute Gasteiger partial charge is 0.191 e. The van der Waals surface area contributed by atoms with Crippen molar-refractivity contribution in [2.24, 2.45) is 10.9 Å². The fourth-order valence-electron chi connectivity index (χ4n) is 2.12. The van der Waals surface area contributed by atoms with Crippen LogP contribution in [0.2, 0.25) is 0 Å².